The number of para-hydroxylation sites is 1. The summed E-state index contributed by atoms with van der Waals surface area (Å²) in [5.74, 6) is 0.537. The van der Waals surface area contributed by atoms with Crippen molar-refractivity contribution in [3.8, 4) is 22.0 Å². The number of hydrogen-bond donors (Lipinski definition) is 1. The number of nitrogens with one attached hydrogen (secondary N) is 1. The van der Waals surface area contributed by atoms with E-state index in [2.05, 4.69) is 15.4 Å². The van der Waals surface area contributed by atoms with Gasteiger partial charge in [0.25, 0.3) is 5.91 Å². The zero-order valence-electron chi connectivity index (χ0n) is 15.2. The molecule has 4 rings (SSSR count). The van der Waals surface area contributed by atoms with Crippen molar-refractivity contribution >= 4 is 17.2 Å². The first-order valence-corrected chi connectivity index (χ1v) is 9.58. The van der Waals surface area contributed by atoms with Crippen LogP contribution in [0.4, 0.5) is 0 Å². The molecule has 0 radical (unpaired) electrons. The van der Waals surface area contributed by atoms with Crippen molar-refractivity contribution in [2.24, 2.45) is 0 Å². The van der Waals surface area contributed by atoms with Gasteiger partial charge in [-0.1, -0.05) is 24.3 Å². The van der Waals surface area contributed by atoms with Gasteiger partial charge in [0.15, 0.2) is 0 Å². The Morgan fingerprint density at radius 3 is 2.71 bits per heavy atom. The highest BCUT2D eigenvalue weighted by Gasteiger charge is 2.14. The largest absolute Gasteiger partial charge is 0.496 e. The van der Waals surface area contributed by atoms with Gasteiger partial charge in [0, 0.05) is 24.3 Å². The highest BCUT2D eigenvalue weighted by Crippen LogP contribution is 2.31. The van der Waals surface area contributed by atoms with Crippen molar-refractivity contribution in [1.82, 2.24) is 20.1 Å². The van der Waals surface area contributed by atoms with Crippen molar-refractivity contribution in [1.29, 1.82) is 0 Å². The van der Waals surface area contributed by atoms with Gasteiger partial charge in [-0.05, 0) is 35.9 Å². The smallest absolute Gasteiger partial charge is 0.271 e. The number of carbonyl (C=O) groups excluding carboxylic acids is 1. The van der Waals surface area contributed by atoms with E-state index in [1.54, 1.807) is 23.4 Å². The van der Waals surface area contributed by atoms with Crippen molar-refractivity contribution in [2.75, 3.05) is 7.11 Å². The number of methoxy groups -OCH3 is 1. The molecule has 2 heterocycles. The number of ether oxygens (including phenoxy) is 1. The molecule has 4 aromatic rings. The van der Waals surface area contributed by atoms with E-state index in [1.165, 1.54) is 11.3 Å². The molecule has 0 saturated heterocycles. The monoisotopic (exact) mass is 390 g/mol. The van der Waals surface area contributed by atoms with Crippen LogP contribution in [0.5, 0.6) is 5.75 Å². The summed E-state index contributed by atoms with van der Waals surface area (Å²) < 4.78 is 7.16. The molecule has 0 fully saturated rings. The zero-order chi connectivity index (χ0) is 19.3. The van der Waals surface area contributed by atoms with E-state index in [1.807, 2.05) is 60.8 Å². The van der Waals surface area contributed by atoms with Crippen molar-refractivity contribution < 1.29 is 9.53 Å². The Balaban J connectivity index is 1.41. The quantitative estimate of drug-likeness (QED) is 0.542. The first kappa shape index (κ1) is 17.9. The maximum absolute atomic E-state index is 12.5. The maximum atomic E-state index is 12.5. The van der Waals surface area contributed by atoms with E-state index in [0.717, 1.165) is 27.6 Å². The number of aromatic nitrogens is 3. The second-order valence-corrected chi connectivity index (χ2v) is 6.90. The van der Waals surface area contributed by atoms with Crippen LogP contribution in [0.3, 0.4) is 0 Å². The topological polar surface area (TPSA) is 69.0 Å². The molecule has 0 saturated carbocycles. The third-order valence-corrected chi connectivity index (χ3v) is 5.11. The summed E-state index contributed by atoms with van der Waals surface area (Å²) in [6.07, 6.45) is 3.62. The molecule has 140 valence electrons. The molecule has 28 heavy (non-hydrogen) atoms. The van der Waals surface area contributed by atoms with E-state index in [4.69, 9.17) is 4.74 Å². The van der Waals surface area contributed by atoms with Crippen LogP contribution in [0.2, 0.25) is 0 Å². The molecule has 6 nitrogen and oxygen atoms in total. The third kappa shape index (κ3) is 3.79. The summed E-state index contributed by atoms with van der Waals surface area (Å²) in [7, 11) is 1.62. The first-order valence-electron chi connectivity index (χ1n) is 8.70. The molecule has 0 spiro atoms. The molecule has 0 unspecified atom stereocenters. The molecule has 0 aliphatic heterocycles. The van der Waals surface area contributed by atoms with Crippen LogP contribution < -0.4 is 10.1 Å². The molecule has 0 aliphatic carbocycles. The Morgan fingerprint density at radius 2 is 1.96 bits per heavy atom. The SMILES string of the molecule is COc1ccccc1-c1nc(C(=O)NCc2ccc(-n3cccn3)cc2)cs1. The number of rotatable bonds is 6. The lowest BCUT2D eigenvalue weighted by molar-refractivity contribution is 0.0946. The van der Waals surface area contributed by atoms with Gasteiger partial charge >= 0.3 is 0 Å². The third-order valence-electron chi connectivity index (χ3n) is 4.23. The number of thiazole rings is 1. The number of benzene rings is 2. The van der Waals surface area contributed by atoms with E-state index >= 15 is 0 Å². The predicted molar refractivity (Wildman–Crippen MR) is 109 cm³/mol. The summed E-state index contributed by atoms with van der Waals surface area (Å²) in [5.41, 5.74) is 3.26. The average molecular weight is 390 g/mol. The highest BCUT2D eigenvalue weighted by molar-refractivity contribution is 7.13. The fourth-order valence-corrected chi connectivity index (χ4v) is 3.61. The molecule has 1 amide bonds. The van der Waals surface area contributed by atoms with E-state index in [9.17, 15) is 4.79 Å². The number of amides is 1. The Bertz CT molecular complexity index is 1070. The molecule has 2 aromatic carbocycles. The fourth-order valence-electron chi connectivity index (χ4n) is 2.78. The summed E-state index contributed by atoms with van der Waals surface area (Å²) in [6.45, 7) is 0.430. The molecule has 0 aliphatic rings. The lowest BCUT2D eigenvalue weighted by Gasteiger charge is -2.06. The Kier molecular flexibility index (Phi) is 5.16. The molecule has 0 atom stereocenters. The second-order valence-electron chi connectivity index (χ2n) is 6.04. The molecule has 1 N–H and O–H groups in total. The summed E-state index contributed by atoms with van der Waals surface area (Å²) in [6, 6.07) is 17.4. The van der Waals surface area contributed by atoms with Gasteiger partial charge in [0.05, 0.1) is 18.4 Å². The van der Waals surface area contributed by atoms with Crippen LogP contribution in [-0.2, 0) is 6.54 Å². The van der Waals surface area contributed by atoms with E-state index in [0.29, 0.717) is 12.2 Å². The van der Waals surface area contributed by atoms with E-state index in [-0.39, 0.29) is 5.91 Å². The standard InChI is InChI=1S/C21H18N4O2S/c1-27-19-6-3-2-5-17(19)21-24-18(14-28-21)20(26)22-13-15-7-9-16(10-8-15)25-12-4-11-23-25/h2-12,14H,13H2,1H3,(H,22,26). The average Bonchev–Trinajstić information content (AvgIpc) is 3.44. The number of hydrogen-bond acceptors (Lipinski definition) is 5. The van der Waals surface area contributed by atoms with Gasteiger partial charge < -0.3 is 10.1 Å². The second kappa shape index (κ2) is 8.06. The molecule has 0 bridgehead atoms. The van der Waals surface area contributed by atoms with Gasteiger partial charge in [-0.25, -0.2) is 9.67 Å². The summed E-state index contributed by atoms with van der Waals surface area (Å²) in [5, 5.41) is 9.63. The Morgan fingerprint density at radius 1 is 1.14 bits per heavy atom. The van der Waals surface area contributed by atoms with Gasteiger partial charge in [-0.2, -0.15) is 5.10 Å². The van der Waals surface area contributed by atoms with Crippen LogP contribution in [0.25, 0.3) is 16.3 Å². The normalized spacial score (nSPS) is 10.6. The highest BCUT2D eigenvalue weighted by atomic mass is 32.1. The van der Waals surface area contributed by atoms with Gasteiger partial charge in [0.2, 0.25) is 0 Å². The van der Waals surface area contributed by atoms with Crippen molar-refractivity contribution in [3.05, 3.63) is 83.6 Å². The summed E-state index contributed by atoms with van der Waals surface area (Å²) in [4.78, 5) is 16.9. The first-order chi connectivity index (χ1) is 13.7. The molecular weight excluding hydrogens is 372 g/mol. The van der Waals surface area contributed by atoms with Gasteiger partial charge in [0.1, 0.15) is 16.5 Å². The zero-order valence-corrected chi connectivity index (χ0v) is 16.0. The van der Waals surface area contributed by atoms with Crippen LogP contribution in [0, 0.1) is 0 Å². The minimum atomic E-state index is -0.200. The Labute approximate surface area is 166 Å². The number of nitrogens with zero attached hydrogens (tertiary/aromatic N) is 3. The molecule has 2 aromatic heterocycles. The molecule has 7 heteroatoms. The van der Waals surface area contributed by atoms with Crippen LogP contribution in [-0.4, -0.2) is 27.8 Å². The summed E-state index contributed by atoms with van der Waals surface area (Å²) >= 11 is 1.42. The number of carbonyl (C=O) groups is 1. The van der Waals surface area contributed by atoms with Crippen molar-refractivity contribution in [2.45, 2.75) is 6.54 Å². The minimum Gasteiger partial charge on any atom is -0.496 e. The van der Waals surface area contributed by atoms with E-state index < -0.39 is 0 Å². The maximum Gasteiger partial charge on any atom is 0.271 e. The molecular formula is C21H18N4O2S. The van der Waals surface area contributed by atoms with Crippen LogP contribution in [0.1, 0.15) is 16.1 Å². The Hall–Kier alpha value is -3.45. The van der Waals surface area contributed by atoms with Gasteiger partial charge in [-0.3, -0.25) is 4.79 Å². The minimum absolute atomic E-state index is 0.200. The lowest BCUT2D eigenvalue weighted by atomic mass is 10.2. The van der Waals surface area contributed by atoms with Crippen molar-refractivity contribution in [3.63, 3.8) is 0 Å². The van der Waals surface area contributed by atoms with Gasteiger partial charge in [-0.15, -0.1) is 11.3 Å². The van der Waals surface area contributed by atoms with Crippen LogP contribution in [0.15, 0.2) is 72.4 Å². The van der Waals surface area contributed by atoms with Crippen LogP contribution >= 0.6 is 11.3 Å². The lowest BCUT2D eigenvalue weighted by Crippen LogP contribution is -2.23. The fraction of sp³-hybridized carbons (Fsp3) is 0.0952. The predicted octanol–water partition coefficient (Wildman–Crippen LogP) is 3.93.